The number of phenolic OH excluding ortho intramolecular Hbond substituents is 1. The number of aromatic hydroxyl groups is 1. The number of hydrogen-bond acceptors (Lipinski definition) is 25. The largest absolute Gasteiger partial charge is 0.505 e. The third-order valence-electron chi connectivity index (χ3n) is 8.97. The Labute approximate surface area is 388 Å². The quantitative estimate of drug-likeness (QED) is 0.00671. The molecule has 6 aromatic carbocycles. The van der Waals surface area contributed by atoms with Gasteiger partial charge in [0.15, 0.2) is 27.9 Å². The molecule has 0 aliphatic carbocycles. The molecule has 0 amide bonds. The van der Waals surface area contributed by atoms with Crippen LogP contribution in [0.25, 0.3) is 10.8 Å². The fraction of sp³-hybridized carbons (Fsp3) is 0.0811. The van der Waals surface area contributed by atoms with E-state index in [1.807, 2.05) is 0 Å². The maximum absolute atomic E-state index is 13.2. The van der Waals surface area contributed by atoms with Gasteiger partial charge in [0.1, 0.15) is 22.0 Å². The van der Waals surface area contributed by atoms with Gasteiger partial charge in [-0.1, -0.05) is 10.1 Å². The Morgan fingerprint density at radius 2 is 1.24 bits per heavy atom. The van der Waals surface area contributed by atoms with Crippen molar-refractivity contribution < 1.29 is 68.4 Å². The molecule has 6 aromatic rings. The van der Waals surface area contributed by atoms with Crippen molar-refractivity contribution >= 4 is 122 Å². The molecule has 0 aliphatic rings. The van der Waals surface area contributed by atoms with Crippen molar-refractivity contribution in [2.75, 3.05) is 34.3 Å². The van der Waals surface area contributed by atoms with E-state index < -0.39 is 57.8 Å². The smallest absolute Gasteiger partial charge is 0.296 e. The van der Waals surface area contributed by atoms with E-state index in [1.54, 1.807) is 19.1 Å². The zero-order valence-corrected chi connectivity index (χ0v) is 38.0. The molecule has 6 rings (SSSR count). The number of sulfone groups is 1. The van der Waals surface area contributed by atoms with Gasteiger partial charge < -0.3 is 22.3 Å². The van der Waals surface area contributed by atoms with Crippen LogP contribution in [0.4, 0.5) is 56.9 Å². The molecule has 25 nitrogen and oxygen atoms in total. The average molecular weight is 1020 g/mol. The minimum atomic E-state index is -5.09. The van der Waals surface area contributed by atoms with Crippen LogP contribution in [0.2, 0.25) is 0 Å². The Hall–Kier alpha value is -6.39. The molecule has 0 spiro atoms. The van der Waals surface area contributed by atoms with Crippen molar-refractivity contribution in [2.24, 2.45) is 30.7 Å². The molecule has 0 saturated carbocycles. The highest BCUT2D eigenvalue weighted by Crippen LogP contribution is 2.49. The molecule has 0 fully saturated rings. The number of aryl methyl sites for hydroxylation is 1. The van der Waals surface area contributed by atoms with Crippen LogP contribution in [0.5, 0.6) is 5.75 Å². The van der Waals surface area contributed by atoms with E-state index in [0.717, 1.165) is 11.6 Å². The van der Waals surface area contributed by atoms with Crippen LogP contribution >= 0.6 is 24.4 Å². The van der Waals surface area contributed by atoms with E-state index >= 15 is 0 Å². The van der Waals surface area contributed by atoms with Gasteiger partial charge in [-0.15, -0.1) is 24.0 Å². The maximum atomic E-state index is 13.2. The SMILES string of the molecule is Cc1cc(N=Nc2ccc(NS(=O)(=O)c3ccc(N=Nc4c(S(=O)(=O)O)cc5cc(SOOO)c(N=Nc6ccc(S(=O)(=O)CCOSOOO)cc6)c(O)c5c4N)cc3)cc2)c(N)cc1N. The van der Waals surface area contributed by atoms with Gasteiger partial charge in [0.25, 0.3) is 20.1 Å². The Morgan fingerprint density at radius 1 is 0.672 bits per heavy atom. The summed E-state index contributed by atoms with van der Waals surface area (Å²) in [5, 5.41) is 59.3. The number of phenols is 1. The van der Waals surface area contributed by atoms with Crippen molar-refractivity contribution in [3.63, 3.8) is 0 Å². The van der Waals surface area contributed by atoms with Gasteiger partial charge in [-0.2, -0.15) is 23.8 Å². The molecular weight excluding hydrogens is 985 g/mol. The van der Waals surface area contributed by atoms with Crippen LogP contribution in [-0.2, 0) is 52.9 Å². The second kappa shape index (κ2) is 21.5. The first kappa shape index (κ1) is 50.0. The third-order valence-corrected chi connectivity index (χ3v) is 13.9. The highest BCUT2D eigenvalue weighted by molar-refractivity contribution is 7.94. The van der Waals surface area contributed by atoms with E-state index in [1.165, 1.54) is 78.9 Å². The van der Waals surface area contributed by atoms with Crippen molar-refractivity contribution in [3.05, 3.63) is 103 Å². The lowest BCUT2D eigenvalue weighted by Crippen LogP contribution is -2.12. The summed E-state index contributed by atoms with van der Waals surface area (Å²) >= 11 is 0.513. The molecular formula is C37H34N10O15S5. The summed E-state index contributed by atoms with van der Waals surface area (Å²) in [5.41, 5.74) is 19.4. The lowest BCUT2D eigenvalue weighted by molar-refractivity contribution is -0.434. The predicted molar refractivity (Wildman–Crippen MR) is 244 cm³/mol. The fourth-order valence-corrected chi connectivity index (χ4v) is 9.35. The van der Waals surface area contributed by atoms with E-state index in [9.17, 15) is 34.9 Å². The Balaban J connectivity index is 1.24. The van der Waals surface area contributed by atoms with Crippen molar-refractivity contribution in [2.45, 2.75) is 26.5 Å². The van der Waals surface area contributed by atoms with Crippen molar-refractivity contribution in [3.8, 4) is 5.75 Å². The molecule has 11 N–H and O–H groups in total. The van der Waals surface area contributed by atoms with E-state index in [0.29, 0.717) is 34.8 Å². The zero-order valence-electron chi connectivity index (χ0n) is 33.9. The van der Waals surface area contributed by atoms with Gasteiger partial charge in [0.05, 0.1) is 72.9 Å². The number of nitrogens with one attached hydrogen (secondary N) is 1. The highest BCUT2D eigenvalue weighted by atomic mass is 32.2. The molecule has 30 heteroatoms. The van der Waals surface area contributed by atoms with Crippen molar-refractivity contribution in [1.29, 1.82) is 0 Å². The second-order valence-electron chi connectivity index (χ2n) is 13.4. The molecule has 0 saturated heterocycles. The van der Waals surface area contributed by atoms with Crippen LogP contribution in [0, 0.1) is 6.92 Å². The second-order valence-corrected chi connectivity index (χ2v) is 19.8. The number of rotatable bonds is 20. The summed E-state index contributed by atoms with van der Waals surface area (Å²) in [5.74, 6) is -1.20. The Kier molecular flexibility index (Phi) is 16.0. The van der Waals surface area contributed by atoms with Crippen LogP contribution < -0.4 is 21.9 Å². The molecule has 0 radical (unpaired) electrons. The van der Waals surface area contributed by atoms with Crippen LogP contribution in [-0.4, -0.2) is 57.8 Å². The number of azo groups is 3. The first-order valence-corrected chi connectivity index (χ1v) is 24.3. The third kappa shape index (κ3) is 12.5. The first-order valence-electron chi connectivity index (χ1n) is 18.3. The molecule has 0 bridgehead atoms. The molecule has 0 aliphatic heterocycles. The van der Waals surface area contributed by atoms with Crippen molar-refractivity contribution in [1.82, 2.24) is 0 Å². The molecule has 0 unspecified atom stereocenters. The first-order chi connectivity index (χ1) is 31.8. The molecule has 0 atom stereocenters. The Bertz CT molecular complexity index is 3220. The zero-order chi connectivity index (χ0) is 48.5. The fourth-order valence-electron chi connectivity index (χ4n) is 5.71. The summed E-state index contributed by atoms with van der Waals surface area (Å²) in [6.45, 7) is 1.47. The van der Waals surface area contributed by atoms with E-state index in [4.69, 9.17) is 31.9 Å². The average Bonchev–Trinajstić information content (AvgIpc) is 3.28. The summed E-state index contributed by atoms with van der Waals surface area (Å²) in [6, 6.07) is 21.3. The standard InChI is InChI=1S/C37H34N10O15S5/c1-20-16-30(29(39)19-28(20)38)44-41-22-2-4-25(5-3-22)47-66(53,54)27-12-8-24(9-13-27)43-46-36-32(67(55,56)57)18-21-17-31(63-61-59-49)35(37(48)33(21)34(36)40)45-42-23-6-10-26(11-7-23)65(51,52)15-14-58-64-62-60-50/h2-13,16-19,47-50H,14-15,38-40H2,1H3,(H,55,56,57). The van der Waals surface area contributed by atoms with Gasteiger partial charge in [0, 0.05) is 11.4 Å². The topological polar surface area (TPSA) is 394 Å². The number of sulfonamides is 1. The molecule has 0 heterocycles. The minimum Gasteiger partial charge on any atom is -0.505 e. The van der Waals surface area contributed by atoms with Crippen LogP contribution in [0.1, 0.15) is 5.56 Å². The Morgan fingerprint density at radius 3 is 1.84 bits per heavy atom. The van der Waals surface area contributed by atoms with Crippen LogP contribution in [0.15, 0.2) is 147 Å². The van der Waals surface area contributed by atoms with E-state index in [2.05, 4.69) is 54.2 Å². The minimum absolute atomic E-state index is 0.00639. The number of nitrogens with two attached hydrogens (primary N) is 3. The normalized spacial score (nSPS) is 12.5. The summed E-state index contributed by atoms with van der Waals surface area (Å²) in [4.78, 5) is -1.28. The van der Waals surface area contributed by atoms with Gasteiger partial charge in [-0.05, 0) is 115 Å². The maximum Gasteiger partial charge on any atom is 0.296 e. The monoisotopic (exact) mass is 1020 g/mol. The summed E-state index contributed by atoms with van der Waals surface area (Å²) < 4.78 is 103. The van der Waals surface area contributed by atoms with Gasteiger partial charge in [-0.25, -0.2) is 27.4 Å². The molecule has 352 valence electrons. The summed E-state index contributed by atoms with van der Waals surface area (Å²) in [6.07, 6.45) is 0. The van der Waals surface area contributed by atoms with Gasteiger partial charge >= 0.3 is 0 Å². The number of anilines is 4. The number of nitrogens with zero attached hydrogens (tertiary/aromatic N) is 6. The number of hydrogen-bond donors (Lipinski definition) is 8. The molecule has 67 heavy (non-hydrogen) atoms. The number of nitrogen functional groups attached to an aromatic ring is 3. The lowest BCUT2D eigenvalue weighted by atomic mass is 10.1. The van der Waals surface area contributed by atoms with E-state index in [-0.39, 0.29) is 67.1 Å². The predicted octanol–water partition coefficient (Wildman–Crippen LogP) is 9.10. The highest BCUT2D eigenvalue weighted by Gasteiger charge is 2.26. The van der Waals surface area contributed by atoms with Gasteiger partial charge in [-0.3, -0.25) is 13.5 Å². The van der Waals surface area contributed by atoms with Gasteiger partial charge in [0.2, 0.25) is 0 Å². The number of fused-ring (bicyclic) bond motifs is 1. The molecule has 0 aromatic heterocycles. The lowest BCUT2D eigenvalue weighted by Gasteiger charge is -2.14. The van der Waals surface area contributed by atoms with Crippen LogP contribution in [0.3, 0.4) is 0 Å². The number of benzene rings is 6. The summed E-state index contributed by atoms with van der Waals surface area (Å²) in [7, 11) is -13.1.